The first-order chi connectivity index (χ1) is 9.60. The summed E-state index contributed by atoms with van der Waals surface area (Å²) in [5.74, 6) is 1.18. The number of aryl methyl sites for hydroxylation is 2. The zero-order valence-corrected chi connectivity index (χ0v) is 11.4. The number of imidazole rings is 1. The lowest BCUT2D eigenvalue weighted by atomic mass is 10.2. The first-order valence-corrected chi connectivity index (χ1v) is 6.36. The van der Waals surface area contributed by atoms with Crippen LogP contribution in [-0.2, 0) is 13.1 Å². The van der Waals surface area contributed by atoms with Gasteiger partial charge in [-0.15, -0.1) is 0 Å². The van der Waals surface area contributed by atoms with Crippen LogP contribution in [0.25, 0.3) is 11.0 Å². The Kier molecular flexibility index (Phi) is 3.02. The molecule has 2 N–H and O–H groups in total. The largest absolute Gasteiger partial charge is 0.361 e. The van der Waals surface area contributed by atoms with Crippen molar-refractivity contribution in [3.63, 3.8) is 0 Å². The molecule has 0 fully saturated rings. The summed E-state index contributed by atoms with van der Waals surface area (Å²) in [5.41, 5.74) is 9.05. The van der Waals surface area contributed by atoms with E-state index in [9.17, 15) is 4.39 Å². The molecule has 2 aromatic heterocycles. The van der Waals surface area contributed by atoms with E-state index in [1.165, 1.54) is 12.1 Å². The number of hydrogen-bond donors (Lipinski definition) is 1. The molecule has 0 unspecified atom stereocenters. The van der Waals surface area contributed by atoms with Crippen molar-refractivity contribution in [3.05, 3.63) is 46.9 Å². The molecule has 5 nitrogen and oxygen atoms in total. The van der Waals surface area contributed by atoms with E-state index in [4.69, 9.17) is 10.3 Å². The molecular formula is C14H15FN4O. The Morgan fingerprint density at radius 3 is 2.80 bits per heavy atom. The minimum Gasteiger partial charge on any atom is -0.361 e. The van der Waals surface area contributed by atoms with Crippen molar-refractivity contribution in [2.24, 2.45) is 5.73 Å². The third-order valence-corrected chi connectivity index (χ3v) is 3.47. The van der Waals surface area contributed by atoms with Gasteiger partial charge < -0.3 is 14.8 Å². The predicted octanol–water partition coefficient (Wildman–Crippen LogP) is 2.29. The van der Waals surface area contributed by atoms with E-state index in [0.29, 0.717) is 24.4 Å². The van der Waals surface area contributed by atoms with E-state index in [1.807, 2.05) is 18.4 Å². The second kappa shape index (κ2) is 4.72. The van der Waals surface area contributed by atoms with Gasteiger partial charge in [0.15, 0.2) is 0 Å². The Morgan fingerprint density at radius 2 is 2.15 bits per heavy atom. The molecule has 0 atom stereocenters. The monoisotopic (exact) mass is 274 g/mol. The van der Waals surface area contributed by atoms with Crippen LogP contribution in [0.3, 0.4) is 0 Å². The van der Waals surface area contributed by atoms with E-state index < -0.39 is 0 Å². The predicted molar refractivity (Wildman–Crippen MR) is 72.7 cm³/mol. The fourth-order valence-corrected chi connectivity index (χ4v) is 2.37. The van der Waals surface area contributed by atoms with Gasteiger partial charge in [0.1, 0.15) is 17.4 Å². The van der Waals surface area contributed by atoms with Crippen LogP contribution >= 0.6 is 0 Å². The van der Waals surface area contributed by atoms with Crippen LogP contribution < -0.4 is 5.73 Å². The molecule has 0 saturated carbocycles. The van der Waals surface area contributed by atoms with Crippen molar-refractivity contribution in [3.8, 4) is 0 Å². The van der Waals surface area contributed by atoms with Crippen LogP contribution in [0.2, 0.25) is 0 Å². The Hall–Kier alpha value is -2.21. The van der Waals surface area contributed by atoms with Gasteiger partial charge in [0.25, 0.3) is 0 Å². The molecule has 2 heterocycles. The molecule has 0 bridgehead atoms. The first-order valence-electron chi connectivity index (χ1n) is 6.36. The Labute approximate surface area is 115 Å². The first kappa shape index (κ1) is 12.8. The lowest BCUT2D eigenvalue weighted by molar-refractivity contribution is 0.392. The highest BCUT2D eigenvalue weighted by molar-refractivity contribution is 5.76. The topological polar surface area (TPSA) is 69.9 Å². The van der Waals surface area contributed by atoms with Gasteiger partial charge in [-0.2, -0.15) is 0 Å². The number of nitrogens with zero attached hydrogens (tertiary/aromatic N) is 3. The summed E-state index contributed by atoms with van der Waals surface area (Å²) in [4.78, 5) is 4.38. The van der Waals surface area contributed by atoms with Gasteiger partial charge in [-0.25, -0.2) is 9.37 Å². The zero-order valence-electron chi connectivity index (χ0n) is 11.4. The third kappa shape index (κ3) is 1.98. The van der Waals surface area contributed by atoms with Crippen LogP contribution in [0.15, 0.2) is 22.7 Å². The van der Waals surface area contributed by atoms with E-state index in [-0.39, 0.29) is 5.82 Å². The highest BCUT2D eigenvalue weighted by Gasteiger charge is 2.15. The Balaban J connectivity index is 2.15. The maximum absolute atomic E-state index is 13.3. The number of fused-ring (bicyclic) bond motifs is 1. The van der Waals surface area contributed by atoms with Gasteiger partial charge in [-0.1, -0.05) is 5.16 Å². The van der Waals surface area contributed by atoms with Crippen molar-refractivity contribution >= 4 is 11.0 Å². The van der Waals surface area contributed by atoms with Crippen LogP contribution in [-0.4, -0.2) is 14.7 Å². The molecule has 6 heteroatoms. The molecule has 3 aromatic rings. The summed E-state index contributed by atoms with van der Waals surface area (Å²) in [6.45, 7) is 4.62. The molecule has 3 rings (SSSR count). The average Bonchev–Trinajstić information content (AvgIpc) is 2.93. The molecule has 0 saturated heterocycles. The number of hydrogen-bond acceptors (Lipinski definition) is 4. The summed E-state index contributed by atoms with van der Waals surface area (Å²) in [6, 6.07) is 4.56. The van der Waals surface area contributed by atoms with Gasteiger partial charge >= 0.3 is 0 Å². The molecule has 0 aliphatic heterocycles. The zero-order chi connectivity index (χ0) is 14.3. The smallest absolute Gasteiger partial charge is 0.138 e. The van der Waals surface area contributed by atoms with Crippen molar-refractivity contribution in [1.29, 1.82) is 0 Å². The second-order valence-electron chi connectivity index (χ2n) is 4.75. The highest BCUT2D eigenvalue weighted by atomic mass is 19.1. The Morgan fingerprint density at radius 1 is 1.35 bits per heavy atom. The fraction of sp³-hybridized carbons (Fsp3) is 0.286. The number of nitrogens with two attached hydrogens (primary N) is 1. The molecule has 0 spiro atoms. The van der Waals surface area contributed by atoms with Crippen LogP contribution in [0.1, 0.15) is 22.8 Å². The second-order valence-corrected chi connectivity index (χ2v) is 4.75. The average molecular weight is 274 g/mol. The van der Waals surface area contributed by atoms with Crippen molar-refractivity contribution in [2.75, 3.05) is 0 Å². The summed E-state index contributed by atoms with van der Waals surface area (Å²) in [6.07, 6.45) is 0. The van der Waals surface area contributed by atoms with Gasteiger partial charge in [-0.3, -0.25) is 0 Å². The van der Waals surface area contributed by atoms with Crippen LogP contribution in [0.5, 0.6) is 0 Å². The summed E-state index contributed by atoms with van der Waals surface area (Å²) < 4.78 is 20.4. The number of benzene rings is 1. The minimum absolute atomic E-state index is 0.291. The number of halogens is 1. The molecule has 104 valence electrons. The molecule has 1 aromatic carbocycles. The number of aromatic nitrogens is 3. The van der Waals surface area contributed by atoms with Gasteiger partial charge in [0.05, 0.1) is 29.8 Å². The molecule has 0 aliphatic rings. The maximum atomic E-state index is 13.3. The summed E-state index contributed by atoms with van der Waals surface area (Å²) in [7, 11) is 0. The molecule has 20 heavy (non-hydrogen) atoms. The molecule has 0 radical (unpaired) electrons. The summed E-state index contributed by atoms with van der Waals surface area (Å²) in [5, 5.41) is 3.95. The van der Waals surface area contributed by atoms with Gasteiger partial charge in [0, 0.05) is 11.6 Å². The van der Waals surface area contributed by atoms with Crippen LogP contribution in [0, 0.1) is 19.7 Å². The van der Waals surface area contributed by atoms with Gasteiger partial charge in [-0.05, 0) is 26.0 Å². The molecule has 0 amide bonds. The normalized spacial score (nSPS) is 11.4. The maximum Gasteiger partial charge on any atom is 0.138 e. The van der Waals surface area contributed by atoms with Crippen LogP contribution in [0.4, 0.5) is 4.39 Å². The molecule has 0 aliphatic carbocycles. The van der Waals surface area contributed by atoms with E-state index in [2.05, 4.69) is 10.1 Å². The van der Waals surface area contributed by atoms with E-state index >= 15 is 0 Å². The Bertz CT molecular complexity index is 755. The highest BCUT2D eigenvalue weighted by Crippen LogP contribution is 2.21. The van der Waals surface area contributed by atoms with Crippen molar-refractivity contribution in [1.82, 2.24) is 14.7 Å². The quantitative estimate of drug-likeness (QED) is 0.795. The van der Waals surface area contributed by atoms with E-state index in [0.717, 1.165) is 22.5 Å². The SMILES string of the molecule is Cc1noc(C)c1Cn1c(CN)nc2cc(F)ccc21. The third-order valence-electron chi connectivity index (χ3n) is 3.47. The lowest BCUT2D eigenvalue weighted by Gasteiger charge is -2.07. The van der Waals surface area contributed by atoms with Crippen molar-refractivity contribution in [2.45, 2.75) is 26.9 Å². The summed E-state index contributed by atoms with van der Waals surface area (Å²) >= 11 is 0. The fourth-order valence-electron chi connectivity index (χ4n) is 2.37. The van der Waals surface area contributed by atoms with Gasteiger partial charge in [0.2, 0.25) is 0 Å². The lowest BCUT2D eigenvalue weighted by Crippen LogP contribution is -2.10. The minimum atomic E-state index is -0.303. The number of rotatable bonds is 3. The van der Waals surface area contributed by atoms with Crippen molar-refractivity contribution < 1.29 is 8.91 Å². The standard InChI is InChI=1S/C14H15FN4O/c1-8-11(9(2)20-18-8)7-19-13-4-3-10(15)5-12(13)17-14(19)6-16/h3-5H,6-7,16H2,1-2H3. The van der Waals surface area contributed by atoms with E-state index in [1.54, 1.807) is 6.07 Å². The molecular weight excluding hydrogens is 259 g/mol.